The van der Waals surface area contributed by atoms with Gasteiger partial charge in [-0.1, -0.05) is 17.7 Å². The lowest BCUT2D eigenvalue weighted by molar-refractivity contribution is 1.45. The van der Waals surface area contributed by atoms with Crippen molar-refractivity contribution >= 4 is 28.7 Å². The monoisotopic (exact) mass is 232 g/mol. The fourth-order valence-electron chi connectivity index (χ4n) is 1.44. The van der Waals surface area contributed by atoms with Gasteiger partial charge in [0.2, 0.25) is 0 Å². The van der Waals surface area contributed by atoms with Crippen LogP contribution in [0.15, 0.2) is 42.5 Å². The molecular weight excluding hydrogens is 220 g/mol. The quantitative estimate of drug-likeness (QED) is 0.769. The smallest absolute Gasteiger partial charge is 0.0643 e. The summed E-state index contributed by atoms with van der Waals surface area (Å²) in [7, 11) is 0. The summed E-state index contributed by atoms with van der Waals surface area (Å²) in [6.45, 7) is 2.01. The van der Waals surface area contributed by atoms with Gasteiger partial charge in [0, 0.05) is 11.4 Å². The SMILES string of the molecule is Cc1ccc(Nc2ccc(N)cc2)c(Cl)c1. The van der Waals surface area contributed by atoms with Crippen LogP contribution < -0.4 is 11.1 Å². The maximum absolute atomic E-state index is 6.12. The van der Waals surface area contributed by atoms with Crippen LogP contribution in [-0.4, -0.2) is 0 Å². The highest BCUT2D eigenvalue weighted by molar-refractivity contribution is 6.33. The Labute approximate surface area is 100 Å². The van der Waals surface area contributed by atoms with E-state index in [9.17, 15) is 0 Å². The average molecular weight is 233 g/mol. The molecule has 0 bridgehead atoms. The first-order valence-corrected chi connectivity index (χ1v) is 5.42. The van der Waals surface area contributed by atoms with Gasteiger partial charge in [-0.3, -0.25) is 0 Å². The van der Waals surface area contributed by atoms with E-state index in [0.717, 1.165) is 27.6 Å². The molecule has 16 heavy (non-hydrogen) atoms. The maximum Gasteiger partial charge on any atom is 0.0643 e. The van der Waals surface area contributed by atoms with E-state index in [4.69, 9.17) is 17.3 Å². The van der Waals surface area contributed by atoms with Crippen molar-refractivity contribution in [3.05, 3.63) is 53.1 Å². The number of halogens is 1. The Balaban J connectivity index is 2.23. The number of nitrogen functional groups attached to an aromatic ring is 1. The van der Waals surface area contributed by atoms with E-state index in [2.05, 4.69) is 5.32 Å². The molecule has 0 saturated heterocycles. The van der Waals surface area contributed by atoms with Crippen LogP contribution in [0.5, 0.6) is 0 Å². The molecule has 0 spiro atoms. The van der Waals surface area contributed by atoms with Crippen molar-refractivity contribution in [2.45, 2.75) is 6.92 Å². The second-order valence-electron chi connectivity index (χ2n) is 3.73. The molecule has 0 amide bonds. The minimum absolute atomic E-state index is 0.719. The van der Waals surface area contributed by atoms with E-state index in [1.807, 2.05) is 49.4 Å². The molecule has 2 rings (SSSR count). The van der Waals surface area contributed by atoms with Crippen molar-refractivity contribution in [2.24, 2.45) is 0 Å². The van der Waals surface area contributed by atoms with Crippen molar-refractivity contribution in [1.82, 2.24) is 0 Å². The zero-order chi connectivity index (χ0) is 11.5. The molecule has 2 aromatic rings. The van der Waals surface area contributed by atoms with Gasteiger partial charge in [-0.25, -0.2) is 0 Å². The van der Waals surface area contributed by atoms with Gasteiger partial charge in [0.25, 0.3) is 0 Å². The lowest BCUT2D eigenvalue weighted by Crippen LogP contribution is -1.92. The lowest BCUT2D eigenvalue weighted by Gasteiger charge is -2.09. The number of nitrogens with one attached hydrogen (secondary N) is 1. The predicted molar refractivity (Wildman–Crippen MR) is 70.3 cm³/mol. The van der Waals surface area contributed by atoms with Gasteiger partial charge in [-0.2, -0.15) is 0 Å². The van der Waals surface area contributed by atoms with Crippen LogP contribution in [0.1, 0.15) is 5.56 Å². The molecule has 0 unspecified atom stereocenters. The molecular formula is C13H13ClN2. The van der Waals surface area contributed by atoms with Gasteiger partial charge in [-0.15, -0.1) is 0 Å². The third-order valence-electron chi connectivity index (χ3n) is 2.31. The van der Waals surface area contributed by atoms with Crippen LogP contribution in [0.4, 0.5) is 17.1 Å². The molecule has 3 N–H and O–H groups in total. The molecule has 0 aromatic heterocycles. The Kier molecular flexibility index (Phi) is 3.02. The molecule has 82 valence electrons. The van der Waals surface area contributed by atoms with Gasteiger partial charge in [0.1, 0.15) is 0 Å². The summed E-state index contributed by atoms with van der Waals surface area (Å²) in [5.41, 5.74) is 9.38. The predicted octanol–water partition coefficient (Wildman–Crippen LogP) is 3.97. The summed E-state index contributed by atoms with van der Waals surface area (Å²) in [6.07, 6.45) is 0. The number of rotatable bonds is 2. The van der Waals surface area contributed by atoms with Gasteiger partial charge >= 0.3 is 0 Å². The molecule has 0 atom stereocenters. The summed E-state index contributed by atoms with van der Waals surface area (Å²) in [5.74, 6) is 0. The highest BCUT2D eigenvalue weighted by atomic mass is 35.5. The Morgan fingerprint density at radius 3 is 2.38 bits per heavy atom. The molecule has 2 nitrogen and oxygen atoms in total. The van der Waals surface area contributed by atoms with Crippen LogP contribution in [-0.2, 0) is 0 Å². The van der Waals surface area contributed by atoms with E-state index in [-0.39, 0.29) is 0 Å². The van der Waals surface area contributed by atoms with Gasteiger partial charge in [-0.05, 0) is 48.9 Å². The fraction of sp³-hybridized carbons (Fsp3) is 0.0769. The van der Waals surface area contributed by atoms with E-state index in [1.165, 1.54) is 0 Å². The number of anilines is 3. The molecule has 0 heterocycles. The van der Waals surface area contributed by atoms with Gasteiger partial charge in [0.15, 0.2) is 0 Å². The summed E-state index contributed by atoms with van der Waals surface area (Å²) < 4.78 is 0. The van der Waals surface area contributed by atoms with Gasteiger partial charge in [0.05, 0.1) is 10.7 Å². The van der Waals surface area contributed by atoms with Crippen LogP contribution in [0.25, 0.3) is 0 Å². The summed E-state index contributed by atoms with van der Waals surface area (Å²) >= 11 is 6.12. The number of benzene rings is 2. The van der Waals surface area contributed by atoms with E-state index >= 15 is 0 Å². The molecule has 3 heteroatoms. The molecule has 0 saturated carbocycles. The van der Waals surface area contributed by atoms with Crippen LogP contribution in [0.2, 0.25) is 5.02 Å². The summed E-state index contributed by atoms with van der Waals surface area (Å²) in [4.78, 5) is 0. The molecule has 0 aliphatic rings. The maximum atomic E-state index is 6.12. The normalized spacial score (nSPS) is 10.1. The Morgan fingerprint density at radius 2 is 1.75 bits per heavy atom. The van der Waals surface area contributed by atoms with E-state index in [1.54, 1.807) is 0 Å². The van der Waals surface area contributed by atoms with Crippen LogP contribution in [0.3, 0.4) is 0 Å². The second kappa shape index (κ2) is 4.45. The van der Waals surface area contributed by atoms with Crippen molar-refractivity contribution in [3.8, 4) is 0 Å². The van der Waals surface area contributed by atoms with Crippen LogP contribution in [0, 0.1) is 6.92 Å². The minimum Gasteiger partial charge on any atom is -0.399 e. The first-order chi connectivity index (χ1) is 7.65. The highest BCUT2D eigenvalue weighted by Gasteiger charge is 2.00. The third-order valence-corrected chi connectivity index (χ3v) is 2.63. The third kappa shape index (κ3) is 2.47. The zero-order valence-electron chi connectivity index (χ0n) is 9.00. The molecule has 0 aliphatic carbocycles. The number of aryl methyl sites for hydroxylation is 1. The number of hydrogen-bond acceptors (Lipinski definition) is 2. The zero-order valence-corrected chi connectivity index (χ0v) is 9.75. The topological polar surface area (TPSA) is 38.0 Å². The largest absolute Gasteiger partial charge is 0.399 e. The Hall–Kier alpha value is -1.67. The Morgan fingerprint density at radius 1 is 1.06 bits per heavy atom. The second-order valence-corrected chi connectivity index (χ2v) is 4.14. The molecule has 0 aliphatic heterocycles. The highest BCUT2D eigenvalue weighted by Crippen LogP contribution is 2.26. The number of hydrogen-bond donors (Lipinski definition) is 2. The standard InChI is InChI=1S/C13H13ClN2/c1-9-2-7-13(12(14)8-9)16-11-5-3-10(15)4-6-11/h2-8,16H,15H2,1H3. The van der Waals surface area contributed by atoms with Crippen LogP contribution >= 0.6 is 11.6 Å². The summed E-state index contributed by atoms with van der Waals surface area (Å²) in [5, 5.41) is 3.96. The fourth-order valence-corrected chi connectivity index (χ4v) is 1.73. The average Bonchev–Trinajstić information content (AvgIpc) is 2.25. The molecule has 0 fully saturated rings. The van der Waals surface area contributed by atoms with E-state index in [0.29, 0.717) is 0 Å². The number of nitrogens with two attached hydrogens (primary N) is 1. The first-order valence-electron chi connectivity index (χ1n) is 5.04. The van der Waals surface area contributed by atoms with E-state index < -0.39 is 0 Å². The first kappa shape index (κ1) is 10.8. The Bertz CT molecular complexity index is 492. The van der Waals surface area contributed by atoms with Crippen molar-refractivity contribution in [1.29, 1.82) is 0 Å². The lowest BCUT2D eigenvalue weighted by atomic mass is 10.2. The van der Waals surface area contributed by atoms with Crippen molar-refractivity contribution in [3.63, 3.8) is 0 Å². The molecule has 2 aromatic carbocycles. The molecule has 0 radical (unpaired) electrons. The van der Waals surface area contributed by atoms with Crippen molar-refractivity contribution < 1.29 is 0 Å². The van der Waals surface area contributed by atoms with Gasteiger partial charge < -0.3 is 11.1 Å². The van der Waals surface area contributed by atoms with Crippen molar-refractivity contribution in [2.75, 3.05) is 11.1 Å². The summed E-state index contributed by atoms with van der Waals surface area (Å²) in [6, 6.07) is 13.5. The minimum atomic E-state index is 0.719.